The van der Waals surface area contributed by atoms with Gasteiger partial charge in [-0.1, -0.05) is 74.7 Å². The molecule has 40 heavy (non-hydrogen) atoms. The van der Waals surface area contributed by atoms with Gasteiger partial charge in [-0.15, -0.1) is 0 Å². The molecule has 3 fully saturated rings. The van der Waals surface area contributed by atoms with Gasteiger partial charge in [0.05, 0.1) is 6.61 Å². The summed E-state index contributed by atoms with van der Waals surface area (Å²) in [5.41, 5.74) is 0.393. The predicted molar refractivity (Wildman–Crippen MR) is 170 cm³/mol. The van der Waals surface area contributed by atoms with E-state index >= 15 is 0 Å². The number of hydrogen-bond donors (Lipinski definition) is 1. The first-order chi connectivity index (χ1) is 18.5. The highest BCUT2D eigenvalue weighted by atomic mass is 28.4. The van der Waals surface area contributed by atoms with Crippen molar-refractivity contribution in [1.82, 2.24) is 0 Å². The molecule has 1 unspecified atom stereocenters. The summed E-state index contributed by atoms with van der Waals surface area (Å²) in [7, 11) is -1.88. The maximum atomic E-state index is 12.0. The van der Waals surface area contributed by atoms with E-state index in [4.69, 9.17) is 9.16 Å². The number of ether oxygens (including phenoxy) is 1. The molecule has 0 saturated heterocycles. The summed E-state index contributed by atoms with van der Waals surface area (Å²) in [4.78, 5) is 12.0. The highest BCUT2D eigenvalue weighted by molar-refractivity contribution is 6.74. The average Bonchev–Trinajstić information content (AvgIpc) is 3.19. The second-order valence-corrected chi connectivity index (χ2v) is 21.6. The Morgan fingerprint density at radius 1 is 0.975 bits per heavy atom. The number of carbonyl (C=O) groups is 1. The molecule has 0 spiro atoms. The Balaban J connectivity index is 1.80. The molecule has 0 aliphatic heterocycles. The molecule has 1 N–H and O–H groups in total. The van der Waals surface area contributed by atoms with Gasteiger partial charge < -0.3 is 14.3 Å². The lowest BCUT2D eigenvalue weighted by atomic mass is 9.48. The fraction of sp³-hybridized carbons (Fsp3) is 0.971. The van der Waals surface area contributed by atoms with E-state index in [9.17, 15) is 9.90 Å². The number of esters is 1. The second kappa shape index (κ2) is 13.1. The van der Waals surface area contributed by atoms with Crippen molar-refractivity contribution in [3.05, 3.63) is 0 Å². The van der Waals surface area contributed by atoms with Crippen LogP contribution in [0.5, 0.6) is 0 Å². The number of fused-ring (bicyclic) bond motifs is 1. The van der Waals surface area contributed by atoms with E-state index in [0.717, 1.165) is 37.0 Å². The van der Waals surface area contributed by atoms with Crippen LogP contribution in [0.3, 0.4) is 0 Å². The third-order valence-electron chi connectivity index (χ3n) is 12.9. The molecule has 3 aliphatic carbocycles. The molecule has 9 atom stereocenters. The molecule has 4 nitrogen and oxygen atoms in total. The van der Waals surface area contributed by atoms with Crippen molar-refractivity contribution < 1.29 is 19.1 Å². The summed E-state index contributed by atoms with van der Waals surface area (Å²) in [6.07, 6.45) is 12.4. The van der Waals surface area contributed by atoms with Gasteiger partial charge in [0.1, 0.15) is 0 Å². The molecular weight excluding hydrogens is 512 g/mol. The van der Waals surface area contributed by atoms with Gasteiger partial charge in [-0.25, -0.2) is 0 Å². The number of hydrogen-bond acceptors (Lipinski definition) is 4. The van der Waals surface area contributed by atoms with Crippen molar-refractivity contribution in [2.75, 3.05) is 13.2 Å². The zero-order chi connectivity index (χ0) is 30.1. The molecule has 0 aromatic rings. The van der Waals surface area contributed by atoms with Crippen molar-refractivity contribution in [2.24, 2.45) is 52.3 Å². The van der Waals surface area contributed by atoms with Crippen LogP contribution in [-0.2, 0) is 14.0 Å². The highest BCUT2D eigenvalue weighted by Gasteiger charge is 2.59. The highest BCUT2D eigenvalue weighted by Crippen LogP contribution is 2.65. The van der Waals surface area contributed by atoms with E-state index < -0.39 is 8.32 Å². The van der Waals surface area contributed by atoms with Gasteiger partial charge in [-0.3, -0.25) is 4.79 Å². The third-order valence-corrected chi connectivity index (χ3v) is 17.5. The average molecular weight is 579 g/mol. The Morgan fingerprint density at radius 2 is 1.60 bits per heavy atom. The fourth-order valence-electron chi connectivity index (χ4n) is 9.43. The van der Waals surface area contributed by atoms with Crippen molar-refractivity contribution in [2.45, 2.75) is 151 Å². The van der Waals surface area contributed by atoms with Gasteiger partial charge in [0, 0.05) is 25.6 Å². The van der Waals surface area contributed by atoms with Crippen molar-refractivity contribution in [3.63, 3.8) is 0 Å². The smallest absolute Gasteiger partial charge is 0.302 e. The van der Waals surface area contributed by atoms with Crippen LogP contribution in [-0.4, -0.2) is 38.7 Å². The fourth-order valence-corrected chi connectivity index (χ4v) is 10.8. The van der Waals surface area contributed by atoms with Crippen molar-refractivity contribution in [1.29, 1.82) is 0 Å². The summed E-state index contributed by atoms with van der Waals surface area (Å²) >= 11 is 0. The standard InChI is InChI=1S/C35H66O4Si/c1-24(2)13-12-14-25(3)30-15-16-31-29(22-36)32(18-20-35(30,31)9)34(8)19-17-28(21-27(34)23-38-26(4)37)39-40(10,11)33(5,6)7/h24-25,27-32,36H,12-23H2,1-11H3/t25?,27-,28+,29+,30-,31+,32+,34+,35-/m1/s1. The minimum absolute atomic E-state index is 0.0540. The van der Waals surface area contributed by atoms with Gasteiger partial charge in [-0.05, 0) is 109 Å². The number of aliphatic hydroxyl groups excluding tert-OH is 1. The van der Waals surface area contributed by atoms with Gasteiger partial charge in [0.15, 0.2) is 8.32 Å². The molecule has 0 heterocycles. The largest absolute Gasteiger partial charge is 0.466 e. The van der Waals surface area contributed by atoms with E-state index in [0.29, 0.717) is 36.4 Å². The Kier molecular flexibility index (Phi) is 11.2. The molecule has 234 valence electrons. The van der Waals surface area contributed by atoms with Crippen LogP contribution in [0.1, 0.15) is 127 Å². The monoisotopic (exact) mass is 578 g/mol. The molecule has 0 aromatic heterocycles. The van der Waals surface area contributed by atoms with Crippen LogP contribution in [0.25, 0.3) is 0 Å². The van der Waals surface area contributed by atoms with Gasteiger partial charge in [0.2, 0.25) is 0 Å². The molecule has 0 radical (unpaired) electrons. The van der Waals surface area contributed by atoms with Crippen LogP contribution in [0.15, 0.2) is 0 Å². The molecular formula is C35H66O4Si. The van der Waals surface area contributed by atoms with Crippen LogP contribution < -0.4 is 0 Å². The minimum atomic E-state index is -1.88. The van der Waals surface area contributed by atoms with E-state index in [1.54, 1.807) is 0 Å². The molecule has 0 aromatic carbocycles. The Bertz CT molecular complexity index is 834. The number of aliphatic hydroxyl groups is 1. The van der Waals surface area contributed by atoms with Crippen LogP contribution in [0.2, 0.25) is 18.1 Å². The predicted octanol–water partition coefficient (Wildman–Crippen LogP) is 9.26. The van der Waals surface area contributed by atoms with Gasteiger partial charge in [-0.2, -0.15) is 0 Å². The molecule has 3 saturated carbocycles. The first-order valence-electron chi connectivity index (χ1n) is 16.9. The number of rotatable bonds is 11. The van der Waals surface area contributed by atoms with E-state index in [2.05, 4.69) is 68.5 Å². The van der Waals surface area contributed by atoms with E-state index in [1.165, 1.54) is 51.9 Å². The molecule has 5 heteroatoms. The zero-order valence-electron chi connectivity index (χ0n) is 28.3. The summed E-state index contributed by atoms with van der Waals surface area (Å²) in [5, 5.41) is 11.2. The first-order valence-corrected chi connectivity index (χ1v) is 19.8. The van der Waals surface area contributed by atoms with Crippen LogP contribution >= 0.6 is 0 Å². The van der Waals surface area contributed by atoms with Gasteiger partial charge >= 0.3 is 5.97 Å². The summed E-state index contributed by atoms with van der Waals surface area (Å²) < 4.78 is 12.7. The molecule has 0 bridgehead atoms. The Morgan fingerprint density at radius 3 is 2.17 bits per heavy atom. The van der Waals surface area contributed by atoms with Crippen molar-refractivity contribution in [3.8, 4) is 0 Å². The molecule has 3 rings (SSSR count). The van der Waals surface area contributed by atoms with Crippen molar-refractivity contribution >= 4 is 14.3 Å². The third kappa shape index (κ3) is 7.21. The zero-order valence-corrected chi connectivity index (χ0v) is 29.3. The summed E-state index contributed by atoms with van der Waals surface area (Å²) in [6.45, 7) is 26.2. The normalized spacial score (nSPS) is 37.8. The van der Waals surface area contributed by atoms with E-state index in [-0.39, 0.29) is 28.4 Å². The lowest BCUT2D eigenvalue weighted by Gasteiger charge is -2.58. The van der Waals surface area contributed by atoms with E-state index in [1.807, 2.05) is 0 Å². The van der Waals surface area contributed by atoms with Gasteiger partial charge in [0.25, 0.3) is 0 Å². The second-order valence-electron chi connectivity index (χ2n) is 16.9. The quantitative estimate of drug-likeness (QED) is 0.196. The molecule has 3 aliphatic rings. The maximum Gasteiger partial charge on any atom is 0.302 e. The topological polar surface area (TPSA) is 55.8 Å². The lowest BCUT2D eigenvalue weighted by molar-refractivity contribution is -0.151. The first kappa shape index (κ1) is 34.1. The lowest BCUT2D eigenvalue weighted by Crippen LogP contribution is -2.54. The molecule has 0 amide bonds. The van der Waals surface area contributed by atoms with Crippen LogP contribution in [0, 0.1) is 52.3 Å². The van der Waals surface area contributed by atoms with Crippen LogP contribution in [0.4, 0.5) is 0 Å². The summed E-state index contributed by atoms with van der Waals surface area (Å²) in [5.74, 6) is 3.83. The Labute approximate surface area is 249 Å². The number of carbonyl (C=O) groups excluding carboxylic acids is 1. The maximum absolute atomic E-state index is 12.0. The Hall–Kier alpha value is -0.393. The summed E-state index contributed by atoms with van der Waals surface area (Å²) in [6, 6.07) is 0. The minimum Gasteiger partial charge on any atom is -0.466 e. The SMILES string of the molecule is CC(=O)OC[C@H]1C[C@@H](O[Si](C)(C)C(C)(C)C)CC[C@]1(C)[C@H]1CC[C@]2(C)[C@@H](C(C)CCCC(C)C)CC[C@H]2[C@@H]1CO.